The van der Waals surface area contributed by atoms with Gasteiger partial charge in [0, 0.05) is 18.1 Å². The van der Waals surface area contributed by atoms with Gasteiger partial charge in [0.1, 0.15) is 0 Å². The van der Waals surface area contributed by atoms with Gasteiger partial charge < -0.3 is 9.84 Å². The van der Waals surface area contributed by atoms with Crippen LogP contribution < -0.4 is 0 Å². The third kappa shape index (κ3) is 4.94. The predicted octanol–water partition coefficient (Wildman–Crippen LogP) is 6.06. The van der Waals surface area contributed by atoms with Crippen LogP contribution in [0.5, 0.6) is 0 Å². The van der Waals surface area contributed by atoms with Crippen molar-refractivity contribution in [3.63, 3.8) is 0 Å². The highest BCUT2D eigenvalue weighted by Gasteiger charge is 2.60. The van der Waals surface area contributed by atoms with E-state index in [0.717, 1.165) is 12.2 Å². The Balaban J connectivity index is 2.41. The zero-order chi connectivity index (χ0) is 21.1. The molecule has 3 heteroatoms. The van der Waals surface area contributed by atoms with Crippen LogP contribution in [-0.4, -0.2) is 24.3 Å². The lowest BCUT2D eigenvalue weighted by atomic mass is 9.86. The number of carboxylic acid groups (broad SMARTS) is 1. The van der Waals surface area contributed by atoms with Crippen LogP contribution in [-0.2, 0) is 14.9 Å². The Bertz CT molecular complexity index is 731. The van der Waals surface area contributed by atoms with E-state index in [-0.39, 0.29) is 5.41 Å². The quantitative estimate of drug-likeness (QED) is 0.416. The van der Waals surface area contributed by atoms with Crippen LogP contribution in [0.2, 0.25) is 0 Å². The van der Waals surface area contributed by atoms with Crippen LogP contribution in [0.25, 0.3) is 0 Å². The number of aliphatic carboxylic acids is 1. The highest BCUT2D eigenvalue weighted by Crippen LogP contribution is 2.61. The van der Waals surface area contributed by atoms with Gasteiger partial charge in [-0.1, -0.05) is 65.0 Å². The summed E-state index contributed by atoms with van der Waals surface area (Å²) < 4.78 is 5.79. The lowest BCUT2D eigenvalue weighted by Gasteiger charge is -2.19. The Kier molecular flexibility index (Phi) is 7.28. The fourth-order valence-electron chi connectivity index (χ4n) is 4.05. The van der Waals surface area contributed by atoms with Crippen molar-refractivity contribution in [3.8, 4) is 0 Å². The zero-order valence-corrected chi connectivity index (χ0v) is 18.5. The van der Waals surface area contributed by atoms with E-state index in [4.69, 9.17) is 9.84 Å². The number of carbonyl (C=O) groups is 1. The first-order valence-electron chi connectivity index (χ1n) is 10.4. The van der Waals surface area contributed by atoms with Crippen molar-refractivity contribution >= 4 is 5.97 Å². The maximum Gasteiger partial charge on any atom is 0.328 e. The van der Waals surface area contributed by atoms with Crippen molar-refractivity contribution in [2.75, 3.05) is 13.2 Å². The number of hydrogen-bond acceptors (Lipinski definition) is 2. The molecule has 3 atom stereocenters. The van der Waals surface area contributed by atoms with Crippen LogP contribution in [0, 0.1) is 11.8 Å². The summed E-state index contributed by atoms with van der Waals surface area (Å²) in [5, 5.41) is 8.95. The Labute approximate surface area is 170 Å². The fourth-order valence-corrected chi connectivity index (χ4v) is 4.05. The molecular formula is C25H36O3. The molecule has 0 bridgehead atoms. The fraction of sp³-hybridized carbons (Fsp3) is 0.560. The van der Waals surface area contributed by atoms with E-state index < -0.39 is 5.97 Å². The largest absolute Gasteiger partial charge is 0.478 e. The third-order valence-corrected chi connectivity index (χ3v) is 6.14. The van der Waals surface area contributed by atoms with Crippen LogP contribution in [0.15, 0.2) is 42.0 Å². The van der Waals surface area contributed by atoms with Gasteiger partial charge in [-0.25, -0.2) is 4.79 Å². The molecule has 0 unspecified atom stereocenters. The smallest absolute Gasteiger partial charge is 0.328 e. The second-order valence-corrected chi connectivity index (χ2v) is 8.86. The maximum atomic E-state index is 10.9. The molecule has 1 aromatic carbocycles. The second-order valence-electron chi connectivity index (χ2n) is 8.86. The van der Waals surface area contributed by atoms with Crippen molar-refractivity contribution in [1.29, 1.82) is 0 Å². The molecule has 3 nitrogen and oxygen atoms in total. The summed E-state index contributed by atoms with van der Waals surface area (Å²) >= 11 is 0. The maximum absolute atomic E-state index is 10.9. The minimum absolute atomic E-state index is 0.0176. The van der Waals surface area contributed by atoms with Gasteiger partial charge in [0.2, 0.25) is 0 Å². The third-order valence-electron chi connectivity index (χ3n) is 6.14. The Morgan fingerprint density at radius 2 is 1.75 bits per heavy atom. The Hall–Kier alpha value is -1.87. The summed E-state index contributed by atoms with van der Waals surface area (Å²) in [5.74, 6) is 0.819. The van der Waals surface area contributed by atoms with Crippen molar-refractivity contribution in [2.45, 2.75) is 65.7 Å². The van der Waals surface area contributed by atoms with Gasteiger partial charge in [-0.2, -0.15) is 0 Å². The van der Waals surface area contributed by atoms with Crippen molar-refractivity contribution in [3.05, 3.63) is 58.7 Å². The number of allylic oxidation sites excluding steroid dienone is 3. The summed E-state index contributed by atoms with van der Waals surface area (Å²) in [5.41, 5.74) is 4.92. The molecule has 154 valence electrons. The van der Waals surface area contributed by atoms with Gasteiger partial charge in [0.25, 0.3) is 0 Å². The average Bonchev–Trinajstić information content (AvgIpc) is 3.21. The molecule has 1 aliphatic rings. The molecule has 1 saturated carbocycles. The number of carboxylic acids is 1. The molecule has 0 heterocycles. The minimum Gasteiger partial charge on any atom is -0.478 e. The molecule has 0 radical (unpaired) electrons. The van der Waals surface area contributed by atoms with Crippen LogP contribution in [0.1, 0.15) is 77.0 Å². The van der Waals surface area contributed by atoms with E-state index in [0.29, 0.717) is 30.3 Å². The zero-order valence-electron chi connectivity index (χ0n) is 18.5. The summed E-state index contributed by atoms with van der Waals surface area (Å²) in [7, 11) is 0. The number of benzene rings is 1. The van der Waals surface area contributed by atoms with Crippen molar-refractivity contribution < 1.29 is 14.6 Å². The normalized spacial score (nSPS) is 25.1. The van der Waals surface area contributed by atoms with Gasteiger partial charge >= 0.3 is 5.97 Å². The molecule has 1 aromatic rings. The summed E-state index contributed by atoms with van der Waals surface area (Å²) in [4.78, 5) is 10.9. The number of rotatable bonds is 9. The van der Waals surface area contributed by atoms with Crippen molar-refractivity contribution in [2.24, 2.45) is 11.8 Å². The standard InChI is InChI=1S/C25H36O3/c1-8-28-15-23-22(10-9-18(6)11-24(26)27)25(23,7)21-13-19(16(2)3)12-20(14-21)17(4)5/h9-14,16-17,22-23H,8,15H2,1-7H3,(H,26,27)/b10-9+,18-11+/t22-,23-,25+/m1/s1. The van der Waals surface area contributed by atoms with Gasteiger partial charge in [-0.3, -0.25) is 0 Å². The Morgan fingerprint density at radius 3 is 2.21 bits per heavy atom. The molecule has 0 saturated heterocycles. The van der Waals surface area contributed by atoms with Gasteiger partial charge in [0.15, 0.2) is 0 Å². The van der Waals surface area contributed by atoms with E-state index in [1.165, 1.54) is 22.8 Å². The molecule has 0 amide bonds. The monoisotopic (exact) mass is 384 g/mol. The summed E-state index contributed by atoms with van der Waals surface area (Å²) in [6.07, 6.45) is 5.37. The predicted molar refractivity (Wildman–Crippen MR) is 116 cm³/mol. The van der Waals surface area contributed by atoms with E-state index in [1.54, 1.807) is 0 Å². The SMILES string of the molecule is CCOC[C@@H]1[C@@H](/C=C/C(C)=C/C(=O)O)[C@]1(C)c1cc(C(C)C)cc(C(C)C)c1. The van der Waals surface area contributed by atoms with Crippen molar-refractivity contribution in [1.82, 2.24) is 0 Å². The number of ether oxygens (including phenoxy) is 1. The van der Waals surface area contributed by atoms with E-state index >= 15 is 0 Å². The molecule has 1 N–H and O–H groups in total. The minimum atomic E-state index is -0.905. The first-order chi connectivity index (χ1) is 13.1. The highest BCUT2D eigenvalue weighted by molar-refractivity contribution is 5.81. The molecule has 28 heavy (non-hydrogen) atoms. The molecule has 0 spiro atoms. The van der Waals surface area contributed by atoms with Gasteiger partial charge in [0.05, 0.1) is 6.61 Å². The molecule has 0 aromatic heterocycles. The number of hydrogen-bond donors (Lipinski definition) is 1. The van der Waals surface area contributed by atoms with E-state index in [2.05, 4.69) is 58.9 Å². The van der Waals surface area contributed by atoms with Gasteiger partial charge in [-0.05, 0) is 59.8 Å². The average molecular weight is 385 g/mol. The highest BCUT2D eigenvalue weighted by atomic mass is 16.5. The summed E-state index contributed by atoms with van der Waals surface area (Å²) in [6.45, 7) is 16.6. The molecule has 2 rings (SSSR count). The topological polar surface area (TPSA) is 46.5 Å². The Morgan fingerprint density at radius 1 is 1.18 bits per heavy atom. The molecule has 0 aliphatic heterocycles. The lowest BCUT2D eigenvalue weighted by Crippen LogP contribution is -2.11. The molecule has 1 aliphatic carbocycles. The second kappa shape index (κ2) is 9.09. The van der Waals surface area contributed by atoms with Gasteiger partial charge in [-0.15, -0.1) is 0 Å². The molecular weight excluding hydrogens is 348 g/mol. The first kappa shape index (κ1) is 22.4. The van der Waals surface area contributed by atoms with Crippen LogP contribution >= 0.6 is 0 Å². The van der Waals surface area contributed by atoms with Crippen LogP contribution in [0.3, 0.4) is 0 Å². The van der Waals surface area contributed by atoms with E-state index in [1.807, 2.05) is 19.9 Å². The summed E-state index contributed by atoms with van der Waals surface area (Å²) in [6, 6.07) is 7.07. The lowest BCUT2D eigenvalue weighted by molar-refractivity contribution is -0.131. The molecule has 1 fully saturated rings. The van der Waals surface area contributed by atoms with Crippen LogP contribution in [0.4, 0.5) is 0 Å². The van der Waals surface area contributed by atoms with E-state index in [9.17, 15) is 4.79 Å². The first-order valence-corrected chi connectivity index (χ1v) is 10.4.